The van der Waals surface area contributed by atoms with E-state index in [1.54, 1.807) is 13.2 Å². The van der Waals surface area contributed by atoms with Crippen LogP contribution in [0.2, 0.25) is 0 Å². The van der Waals surface area contributed by atoms with Gasteiger partial charge in [0.15, 0.2) is 0 Å². The van der Waals surface area contributed by atoms with Crippen LogP contribution in [-0.4, -0.2) is 18.2 Å². The molecule has 0 amide bonds. The van der Waals surface area contributed by atoms with Crippen LogP contribution in [0, 0.1) is 0 Å². The lowest BCUT2D eigenvalue weighted by atomic mass is 10.0. The summed E-state index contributed by atoms with van der Waals surface area (Å²) in [6.45, 7) is 0. The zero-order chi connectivity index (χ0) is 11.5. The molecule has 16 heavy (non-hydrogen) atoms. The maximum atomic E-state index is 10.7. The van der Waals surface area contributed by atoms with Crippen LogP contribution in [-0.2, 0) is 11.2 Å². The Labute approximate surface area is 93.3 Å². The predicted octanol–water partition coefficient (Wildman–Crippen LogP) is 2.48. The predicted molar refractivity (Wildman–Crippen MR) is 61.8 cm³/mol. The average Bonchev–Trinajstić information content (AvgIpc) is 2.28. The van der Waals surface area contributed by atoms with Crippen molar-refractivity contribution in [1.29, 1.82) is 0 Å². The Balaban J connectivity index is 2.63. The van der Waals surface area contributed by atoms with Crippen molar-refractivity contribution >= 4 is 16.7 Å². The second-order valence-electron chi connectivity index (χ2n) is 3.55. The van der Waals surface area contributed by atoms with Gasteiger partial charge in [0.05, 0.1) is 13.5 Å². The number of benzene rings is 2. The molecule has 0 atom stereocenters. The minimum absolute atomic E-state index is 0.0198. The second-order valence-corrected chi connectivity index (χ2v) is 3.55. The Kier molecular flexibility index (Phi) is 2.77. The molecule has 0 aliphatic rings. The number of carboxylic acids is 1. The van der Waals surface area contributed by atoms with Gasteiger partial charge in [-0.15, -0.1) is 0 Å². The van der Waals surface area contributed by atoms with E-state index < -0.39 is 5.97 Å². The molecule has 0 bridgehead atoms. The van der Waals surface area contributed by atoms with Crippen molar-refractivity contribution in [2.24, 2.45) is 0 Å². The minimum atomic E-state index is -0.853. The zero-order valence-corrected chi connectivity index (χ0v) is 8.93. The molecule has 2 aromatic rings. The van der Waals surface area contributed by atoms with Gasteiger partial charge in [-0.2, -0.15) is 0 Å². The molecule has 0 saturated heterocycles. The molecule has 0 radical (unpaired) electrons. The fourth-order valence-electron chi connectivity index (χ4n) is 1.83. The third-order valence-corrected chi connectivity index (χ3v) is 2.51. The van der Waals surface area contributed by atoms with Crippen LogP contribution < -0.4 is 4.74 Å². The van der Waals surface area contributed by atoms with Crippen molar-refractivity contribution < 1.29 is 14.6 Å². The molecule has 2 aromatic carbocycles. The summed E-state index contributed by atoms with van der Waals surface area (Å²) < 4.78 is 5.30. The number of fused-ring (bicyclic) bond motifs is 1. The van der Waals surface area contributed by atoms with Crippen LogP contribution in [0.4, 0.5) is 0 Å². The lowest BCUT2D eigenvalue weighted by Crippen LogP contribution is -2.02. The van der Waals surface area contributed by atoms with E-state index in [9.17, 15) is 4.79 Å². The number of hydrogen-bond donors (Lipinski definition) is 1. The summed E-state index contributed by atoms with van der Waals surface area (Å²) in [7, 11) is 1.56. The number of aliphatic carboxylic acids is 1. The van der Waals surface area contributed by atoms with Gasteiger partial charge in [0.1, 0.15) is 5.75 Å². The van der Waals surface area contributed by atoms with Gasteiger partial charge in [-0.1, -0.05) is 36.4 Å². The minimum Gasteiger partial charge on any atom is -0.496 e. The maximum absolute atomic E-state index is 10.7. The third-order valence-electron chi connectivity index (χ3n) is 2.51. The van der Waals surface area contributed by atoms with Crippen molar-refractivity contribution in [1.82, 2.24) is 0 Å². The second kappa shape index (κ2) is 4.23. The summed E-state index contributed by atoms with van der Waals surface area (Å²) >= 11 is 0. The first-order chi connectivity index (χ1) is 7.72. The van der Waals surface area contributed by atoms with Gasteiger partial charge in [0.25, 0.3) is 0 Å². The first-order valence-corrected chi connectivity index (χ1v) is 4.99. The molecule has 0 spiro atoms. The zero-order valence-electron chi connectivity index (χ0n) is 8.93. The van der Waals surface area contributed by atoms with E-state index in [4.69, 9.17) is 9.84 Å². The summed E-state index contributed by atoms with van der Waals surface area (Å²) in [4.78, 5) is 10.7. The van der Waals surface area contributed by atoms with Crippen LogP contribution in [0.5, 0.6) is 5.75 Å². The topological polar surface area (TPSA) is 46.5 Å². The van der Waals surface area contributed by atoms with E-state index in [0.29, 0.717) is 11.3 Å². The Bertz CT molecular complexity index is 532. The van der Waals surface area contributed by atoms with E-state index in [1.807, 2.05) is 30.3 Å². The molecule has 0 unspecified atom stereocenters. The fourth-order valence-corrected chi connectivity index (χ4v) is 1.83. The Morgan fingerprint density at radius 2 is 2.00 bits per heavy atom. The molecule has 0 aromatic heterocycles. The number of carbonyl (C=O) groups is 1. The molecule has 0 heterocycles. The number of carboxylic acid groups (broad SMARTS) is 1. The SMILES string of the molecule is COc1c(CC(=O)O)ccc2ccccc12. The van der Waals surface area contributed by atoms with Gasteiger partial charge in [0, 0.05) is 10.9 Å². The first-order valence-electron chi connectivity index (χ1n) is 4.99. The summed E-state index contributed by atoms with van der Waals surface area (Å²) in [6.07, 6.45) is -0.0198. The van der Waals surface area contributed by atoms with Crippen molar-refractivity contribution in [3.63, 3.8) is 0 Å². The monoisotopic (exact) mass is 216 g/mol. The van der Waals surface area contributed by atoms with E-state index in [2.05, 4.69) is 0 Å². The molecular formula is C13H12O3. The molecule has 1 N–H and O–H groups in total. The highest BCUT2D eigenvalue weighted by atomic mass is 16.5. The van der Waals surface area contributed by atoms with Crippen molar-refractivity contribution in [2.45, 2.75) is 6.42 Å². The van der Waals surface area contributed by atoms with E-state index in [-0.39, 0.29) is 6.42 Å². The Hall–Kier alpha value is -2.03. The normalized spacial score (nSPS) is 10.3. The van der Waals surface area contributed by atoms with Crippen LogP contribution in [0.15, 0.2) is 36.4 Å². The van der Waals surface area contributed by atoms with Gasteiger partial charge in [0.2, 0.25) is 0 Å². The van der Waals surface area contributed by atoms with Crippen LogP contribution >= 0.6 is 0 Å². The van der Waals surface area contributed by atoms with Gasteiger partial charge < -0.3 is 9.84 Å². The quantitative estimate of drug-likeness (QED) is 0.857. The molecular weight excluding hydrogens is 204 g/mol. The number of rotatable bonds is 3. The fraction of sp³-hybridized carbons (Fsp3) is 0.154. The van der Waals surface area contributed by atoms with E-state index in [1.165, 1.54) is 0 Å². The summed E-state index contributed by atoms with van der Waals surface area (Å²) in [5.74, 6) is -0.200. The third kappa shape index (κ3) is 1.84. The molecule has 0 aliphatic carbocycles. The maximum Gasteiger partial charge on any atom is 0.307 e. The smallest absolute Gasteiger partial charge is 0.307 e. The molecule has 3 nitrogen and oxygen atoms in total. The number of methoxy groups -OCH3 is 1. The first kappa shape index (κ1) is 10.5. The Morgan fingerprint density at radius 1 is 1.25 bits per heavy atom. The Morgan fingerprint density at radius 3 is 2.69 bits per heavy atom. The number of hydrogen-bond acceptors (Lipinski definition) is 2. The molecule has 82 valence electrons. The molecule has 0 saturated carbocycles. The van der Waals surface area contributed by atoms with E-state index in [0.717, 1.165) is 10.8 Å². The van der Waals surface area contributed by atoms with Gasteiger partial charge >= 0.3 is 5.97 Å². The molecule has 0 aliphatic heterocycles. The lowest BCUT2D eigenvalue weighted by molar-refractivity contribution is -0.136. The van der Waals surface area contributed by atoms with Crippen molar-refractivity contribution in [3.8, 4) is 5.75 Å². The van der Waals surface area contributed by atoms with Crippen LogP contribution in [0.3, 0.4) is 0 Å². The standard InChI is InChI=1S/C13H12O3/c1-16-13-10(8-12(14)15)7-6-9-4-2-3-5-11(9)13/h2-7H,8H2,1H3,(H,14,15). The van der Waals surface area contributed by atoms with Crippen LogP contribution in [0.25, 0.3) is 10.8 Å². The highest BCUT2D eigenvalue weighted by molar-refractivity contribution is 5.90. The lowest BCUT2D eigenvalue weighted by Gasteiger charge is -2.10. The van der Waals surface area contributed by atoms with Gasteiger partial charge in [-0.3, -0.25) is 4.79 Å². The van der Waals surface area contributed by atoms with Gasteiger partial charge in [-0.05, 0) is 5.39 Å². The van der Waals surface area contributed by atoms with Gasteiger partial charge in [-0.25, -0.2) is 0 Å². The van der Waals surface area contributed by atoms with Crippen molar-refractivity contribution in [3.05, 3.63) is 42.0 Å². The largest absolute Gasteiger partial charge is 0.496 e. The summed E-state index contributed by atoms with van der Waals surface area (Å²) in [6, 6.07) is 11.5. The van der Waals surface area contributed by atoms with Crippen LogP contribution in [0.1, 0.15) is 5.56 Å². The molecule has 0 fully saturated rings. The highest BCUT2D eigenvalue weighted by Gasteiger charge is 2.10. The highest BCUT2D eigenvalue weighted by Crippen LogP contribution is 2.29. The number of ether oxygens (including phenoxy) is 1. The van der Waals surface area contributed by atoms with Crippen molar-refractivity contribution in [2.75, 3.05) is 7.11 Å². The molecule has 3 heteroatoms. The van der Waals surface area contributed by atoms with E-state index >= 15 is 0 Å². The summed E-state index contributed by atoms with van der Waals surface area (Å²) in [5.41, 5.74) is 0.703. The summed E-state index contributed by atoms with van der Waals surface area (Å²) in [5, 5.41) is 10.8. The average molecular weight is 216 g/mol. The molecule has 2 rings (SSSR count).